The Morgan fingerprint density at radius 2 is 2.00 bits per heavy atom. The van der Waals surface area contributed by atoms with E-state index in [1.165, 1.54) is 32.1 Å². The number of fused-ring (bicyclic) bond motifs is 1. The fraction of sp³-hybridized carbons (Fsp3) is 0.611. The van der Waals surface area contributed by atoms with Crippen LogP contribution in [0.3, 0.4) is 0 Å². The molecule has 0 spiro atoms. The highest BCUT2D eigenvalue weighted by Gasteiger charge is 2.23. The number of carbonyl (C=O) groups excluding carboxylic acids is 1. The summed E-state index contributed by atoms with van der Waals surface area (Å²) in [6.45, 7) is 1.16. The van der Waals surface area contributed by atoms with Crippen molar-refractivity contribution in [2.24, 2.45) is 11.7 Å². The minimum absolute atomic E-state index is 0.323. The Bertz CT molecular complexity index is 566. The number of rotatable bonds is 4. The van der Waals surface area contributed by atoms with Gasteiger partial charge in [0.25, 0.3) is 5.91 Å². The van der Waals surface area contributed by atoms with Gasteiger partial charge in [0, 0.05) is 11.6 Å². The molecule has 0 bridgehead atoms. The number of aliphatic hydroxyl groups is 1. The average Bonchev–Trinajstić information content (AvgIpc) is 2.74. The Hall–Kier alpha value is -1.75. The molecule has 3 N–H and O–H groups in total. The van der Waals surface area contributed by atoms with Crippen LogP contribution in [0.1, 0.15) is 67.0 Å². The van der Waals surface area contributed by atoms with Crippen molar-refractivity contribution in [2.45, 2.75) is 51.0 Å². The summed E-state index contributed by atoms with van der Waals surface area (Å²) in [5, 5.41) is 10.2. The molecule has 1 aromatic carbocycles. The highest BCUT2D eigenvalue weighted by molar-refractivity contribution is 5.96. The van der Waals surface area contributed by atoms with Crippen LogP contribution in [0.25, 0.3) is 0 Å². The van der Waals surface area contributed by atoms with Gasteiger partial charge in [-0.25, -0.2) is 0 Å². The van der Waals surface area contributed by atoms with Crippen molar-refractivity contribution in [2.75, 3.05) is 13.2 Å². The first-order valence-electron chi connectivity index (χ1n) is 8.56. The van der Waals surface area contributed by atoms with Crippen molar-refractivity contribution >= 4 is 5.91 Å². The minimum Gasteiger partial charge on any atom is -0.493 e. The molecule has 0 radical (unpaired) electrons. The maximum Gasteiger partial charge on any atom is 0.252 e. The Labute approximate surface area is 136 Å². The second kappa shape index (κ2) is 7.21. The molecule has 1 aromatic rings. The topological polar surface area (TPSA) is 81.8 Å². The molecule has 0 saturated heterocycles. The van der Waals surface area contributed by atoms with Gasteiger partial charge >= 0.3 is 0 Å². The van der Waals surface area contributed by atoms with Gasteiger partial charge in [0.2, 0.25) is 0 Å². The van der Waals surface area contributed by atoms with Crippen LogP contribution in [-0.2, 0) is 0 Å². The molecule has 3 rings (SSSR count). The monoisotopic (exact) mass is 319 g/mol. The second-order valence-corrected chi connectivity index (χ2v) is 6.57. The quantitative estimate of drug-likeness (QED) is 0.894. The predicted molar refractivity (Wildman–Crippen MR) is 86.7 cm³/mol. The van der Waals surface area contributed by atoms with Crippen LogP contribution in [0.5, 0.6) is 11.5 Å². The molecule has 1 saturated carbocycles. The van der Waals surface area contributed by atoms with Gasteiger partial charge in [0.1, 0.15) is 11.5 Å². The van der Waals surface area contributed by atoms with Crippen LogP contribution in [0, 0.1) is 5.92 Å². The molecule has 1 aliphatic heterocycles. The van der Waals surface area contributed by atoms with Gasteiger partial charge in [-0.2, -0.15) is 0 Å². The first-order valence-corrected chi connectivity index (χ1v) is 8.56. The Balaban J connectivity index is 1.82. The Kier molecular flexibility index (Phi) is 5.06. The SMILES string of the molecule is NC(=O)c1cc2c(cc1OCC1CCCCC1)OCCCC2O. The highest BCUT2D eigenvalue weighted by atomic mass is 16.5. The van der Waals surface area contributed by atoms with Crippen molar-refractivity contribution in [3.8, 4) is 11.5 Å². The number of hydrogen-bond acceptors (Lipinski definition) is 4. The summed E-state index contributed by atoms with van der Waals surface area (Å²) < 4.78 is 11.6. The number of amides is 1. The van der Waals surface area contributed by atoms with Crippen LogP contribution in [0.2, 0.25) is 0 Å². The number of aliphatic hydroxyl groups excluding tert-OH is 1. The summed E-state index contributed by atoms with van der Waals surface area (Å²) in [4.78, 5) is 11.8. The van der Waals surface area contributed by atoms with Crippen molar-refractivity contribution in [3.63, 3.8) is 0 Å². The lowest BCUT2D eigenvalue weighted by Crippen LogP contribution is -2.19. The molecule has 126 valence electrons. The maximum atomic E-state index is 11.8. The number of benzene rings is 1. The largest absolute Gasteiger partial charge is 0.493 e. The van der Waals surface area contributed by atoms with E-state index in [0.29, 0.717) is 48.2 Å². The molecule has 5 nitrogen and oxygen atoms in total. The van der Waals surface area contributed by atoms with Gasteiger partial charge in [-0.05, 0) is 37.7 Å². The molecule has 2 aliphatic rings. The first kappa shape index (κ1) is 16.1. The molecular formula is C18H25NO4. The van der Waals surface area contributed by atoms with Gasteiger partial charge in [0.15, 0.2) is 0 Å². The number of ether oxygens (including phenoxy) is 2. The molecule has 0 aromatic heterocycles. The molecular weight excluding hydrogens is 294 g/mol. The minimum atomic E-state index is -0.627. The molecule has 1 amide bonds. The van der Waals surface area contributed by atoms with E-state index < -0.39 is 12.0 Å². The molecule has 1 heterocycles. The first-order chi connectivity index (χ1) is 11.1. The van der Waals surface area contributed by atoms with E-state index in [2.05, 4.69) is 0 Å². The molecule has 1 atom stereocenters. The smallest absolute Gasteiger partial charge is 0.252 e. The number of carbonyl (C=O) groups is 1. The zero-order chi connectivity index (χ0) is 16.2. The molecule has 1 aliphatic carbocycles. The summed E-state index contributed by atoms with van der Waals surface area (Å²) in [6.07, 6.45) is 6.91. The van der Waals surface area contributed by atoms with Crippen molar-refractivity contribution in [3.05, 3.63) is 23.3 Å². The van der Waals surface area contributed by atoms with Crippen molar-refractivity contribution in [1.82, 2.24) is 0 Å². The van der Waals surface area contributed by atoms with E-state index in [1.54, 1.807) is 12.1 Å². The Morgan fingerprint density at radius 3 is 2.74 bits per heavy atom. The third kappa shape index (κ3) is 3.78. The lowest BCUT2D eigenvalue weighted by Gasteiger charge is -2.23. The van der Waals surface area contributed by atoms with Gasteiger partial charge in [-0.3, -0.25) is 4.79 Å². The van der Waals surface area contributed by atoms with E-state index in [9.17, 15) is 9.90 Å². The standard InChI is InChI=1S/C18H25NO4/c19-18(21)14-9-13-15(20)7-4-8-22-16(13)10-17(14)23-11-12-5-2-1-3-6-12/h9-10,12,15,20H,1-8,11H2,(H2,19,21). The highest BCUT2D eigenvalue weighted by Crippen LogP contribution is 2.37. The van der Waals surface area contributed by atoms with Crippen LogP contribution < -0.4 is 15.2 Å². The van der Waals surface area contributed by atoms with Crippen LogP contribution in [-0.4, -0.2) is 24.2 Å². The van der Waals surface area contributed by atoms with E-state index in [4.69, 9.17) is 15.2 Å². The number of nitrogens with two attached hydrogens (primary N) is 1. The lowest BCUT2D eigenvalue weighted by molar-refractivity contribution is 0.0994. The second-order valence-electron chi connectivity index (χ2n) is 6.57. The number of primary amides is 1. The summed E-state index contributed by atoms with van der Waals surface area (Å²) >= 11 is 0. The molecule has 1 unspecified atom stereocenters. The van der Waals surface area contributed by atoms with E-state index in [-0.39, 0.29) is 0 Å². The third-order valence-corrected chi connectivity index (χ3v) is 4.82. The summed E-state index contributed by atoms with van der Waals surface area (Å²) in [7, 11) is 0. The van der Waals surface area contributed by atoms with E-state index >= 15 is 0 Å². The summed E-state index contributed by atoms with van der Waals surface area (Å²) in [6, 6.07) is 3.34. The van der Waals surface area contributed by atoms with Gasteiger partial charge < -0.3 is 20.3 Å². The summed E-state index contributed by atoms with van der Waals surface area (Å²) in [5.74, 6) is 1.06. The third-order valence-electron chi connectivity index (χ3n) is 4.82. The molecule has 1 fully saturated rings. The predicted octanol–water partition coefficient (Wildman–Crippen LogP) is 2.95. The number of hydrogen-bond donors (Lipinski definition) is 2. The average molecular weight is 319 g/mol. The zero-order valence-electron chi connectivity index (χ0n) is 13.4. The van der Waals surface area contributed by atoms with Crippen LogP contribution in [0.15, 0.2) is 12.1 Å². The van der Waals surface area contributed by atoms with Crippen molar-refractivity contribution in [1.29, 1.82) is 0 Å². The van der Waals surface area contributed by atoms with E-state index in [1.807, 2.05) is 0 Å². The lowest BCUT2D eigenvalue weighted by atomic mass is 9.90. The van der Waals surface area contributed by atoms with Crippen LogP contribution >= 0.6 is 0 Å². The molecule has 23 heavy (non-hydrogen) atoms. The fourth-order valence-electron chi connectivity index (χ4n) is 3.45. The summed E-state index contributed by atoms with van der Waals surface area (Å²) in [5.41, 5.74) is 6.45. The normalized spacial score (nSPS) is 21.9. The van der Waals surface area contributed by atoms with Gasteiger partial charge in [-0.15, -0.1) is 0 Å². The van der Waals surface area contributed by atoms with E-state index in [0.717, 1.165) is 6.42 Å². The van der Waals surface area contributed by atoms with Crippen molar-refractivity contribution < 1.29 is 19.4 Å². The van der Waals surface area contributed by atoms with Gasteiger partial charge in [0.05, 0.1) is 24.9 Å². The van der Waals surface area contributed by atoms with Crippen LogP contribution in [0.4, 0.5) is 0 Å². The zero-order valence-corrected chi connectivity index (χ0v) is 13.4. The maximum absolute atomic E-state index is 11.8. The fourth-order valence-corrected chi connectivity index (χ4v) is 3.45. The Morgan fingerprint density at radius 1 is 1.22 bits per heavy atom. The molecule has 5 heteroatoms. The van der Waals surface area contributed by atoms with Gasteiger partial charge in [-0.1, -0.05) is 19.3 Å².